The largest absolute Gasteiger partial charge is 0.378 e. The van der Waals surface area contributed by atoms with Crippen LogP contribution < -0.4 is 10.2 Å². The van der Waals surface area contributed by atoms with Crippen molar-refractivity contribution in [3.05, 3.63) is 70.2 Å². The molecule has 0 spiro atoms. The summed E-state index contributed by atoms with van der Waals surface area (Å²) in [5.74, 6) is -0.196. The van der Waals surface area contributed by atoms with Gasteiger partial charge in [-0.3, -0.25) is 4.79 Å². The van der Waals surface area contributed by atoms with Crippen LogP contribution in [0, 0.1) is 0 Å². The average Bonchev–Trinajstić information content (AvgIpc) is 2.69. The molecule has 3 aromatic carbocycles. The van der Waals surface area contributed by atoms with Crippen molar-refractivity contribution in [2.75, 3.05) is 36.5 Å². The lowest BCUT2D eigenvalue weighted by atomic mass is 10.0. The van der Waals surface area contributed by atoms with Crippen molar-refractivity contribution in [2.45, 2.75) is 0 Å². The van der Waals surface area contributed by atoms with E-state index in [-0.39, 0.29) is 5.91 Å². The van der Waals surface area contributed by atoms with Gasteiger partial charge in [0.1, 0.15) is 0 Å². The van der Waals surface area contributed by atoms with Gasteiger partial charge in [-0.05, 0) is 35.7 Å². The van der Waals surface area contributed by atoms with Crippen molar-refractivity contribution in [1.82, 2.24) is 0 Å². The fourth-order valence-electron chi connectivity index (χ4n) is 3.31. The zero-order valence-electron chi connectivity index (χ0n) is 14.5. The summed E-state index contributed by atoms with van der Waals surface area (Å²) in [6.45, 7) is 3.00. The molecule has 1 N–H and O–H groups in total. The minimum atomic E-state index is -0.196. The van der Waals surface area contributed by atoms with Crippen LogP contribution in [0.5, 0.6) is 0 Å². The Morgan fingerprint density at radius 1 is 0.926 bits per heavy atom. The van der Waals surface area contributed by atoms with Crippen molar-refractivity contribution in [1.29, 1.82) is 0 Å². The van der Waals surface area contributed by atoms with Gasteiger partial charge < -0.3 is 15.0 Å². The van der Waals surface area contributed by atoms with Crippen LogP contribution >= 0.6 is 23.2 Å². The third kappa shape index (κ3) is 3.74. The van der Waals surface area contributed by atoms with E-state index in [9.17, 15) is 4.79 Å². The minimum absolute atomic E-state index is 0.196. The molecular formula is C21H18Cl2N2O2. The Labute approximate surface area is 167 Å². The zero-order valence-corrected chi connectivity index (χ0v) is 16.1. The zero-order chi connectivity index (χ0) is 18.8. The summed E-state index contributed by atoms with van der Waals surface area (Å²) in [6, 6.07) is 16.7. The van der Waals surface area contributed by atoms with Gasteiger partial charge in [0.05, 0.1) is 23.9 Å². The van der Waals surface area contributed by atoms with Crippen molar-refractivity contribution in [3.8, 4) is 0 Å². The molecule has 6 heteroatoms. The van der Waals surface area contributed by atoms with Gasteiger partial charge in [0.25, 0.3) is 5.91 Å². The van der Waals surface area contributed by atoms with Gasteiger partial charge in [-0.25, -0.2) is 0 Å². The first-order chi connectivity index (χ1) is 13.1. The molecule has 27 heavy (non-hydrogen) atoms. The van der Waals surface area contributed by atoms with Gasteiger partial charge in [-0.2, -0.15) is 0 Å². The number of morpholine rings is 1. The molecule has 3 aromatic rings. The second kappa shape index (κ2) is 7.77. The third-order valence-corrected chi connectivity index (χ3v) is 5.30. The lowest BCUT2D eigenvalue weighted by Gasteiger charge is -2.29. The summed E-state index contributed by atoms with van der Waals surface area (Å²) in [5, 5.41) is 5.84. The Bertz CT molecular complexity index is 1000. The highest BCUT2D eigenvalue weighted by Gasteiger charge is 2.16. The van der Waals surface area contributed by atoms with Gasteiger partial charge >= 0.3 is 0 Å². The number of carbonyl (C=O) groups is 1. The van der Waals surface area contributed by atoms with Crippen molar-refractivity contribution >= 4 is 51.3 Å². The first kappa shape index (κ1) is 18.1. The minimum Gasteiger partial charge on any atom is -0.378 e. The van der Waals surface area contributed by atoms with E-state index in [4.69, 9.17) is 27.9 Å². The van der Waals surface area contributed by atoms with Crippen LogP contribution in [0.15, 0.2) is 54.6 Å². The summed E-state index contributed by atoms with van der Waals surface area (Å²) in [7, 11) is 0. The maximum Gasteiger partial charge on any atom is 0.256 e. The number of benzene rings is 3. The molecule has 1 aliphatic rings. The summed E-state index contributed by atoms with van der Waals surface area (Å²) >= 11 is 12.7. The van der Waals surface area contributed by atoms with Gasteiger partial charge in [-0.1, -0.05) is 47.5 Å². The molecular weight excluding hydrogens is 383 g/mol. The SMILES string of the molecule is O=C(Nc1ccc(N2CCOCC2)c(Cl)c1)c1cccc2c(Cl)cccc12. The normalized spacial score (nSPS) is 14.4. The lowest BCUT2D eigenvalue weighted by Crippen LogP contribution is -2.36. The predicted octanol–water partition coefficient (Wildman–Crippen LogP) is 5.24. The second-order valence-electron chi connectivity index (χ2n) is 6.36. The Hall–Kier alpha value is -2.27. The Morgan fingerprint density at radius 3 is 2.44 bits per heavy atom. The maximum absolute atomic E-state index is 12.8. The van der Waals surface area contributed by atoms with Gasteiger partial charge in [0.2, 0.25) is 0 Å². The molecule has 0 saturated carbocycles. The highest BCUT2D eigenvalue weighted by molar-refractivity contribution is 6.36. The average molecular weight is 401 g/mol. The molecule has 1 fully saturated rings. The molecule has 0 radical (unpaired) electrons. The predicted molar refractivity (Wildman–Crippen MR) is 111 cm³/mol. The van der Waals surface area contributed by atoms with E-state index in [0.717, 1.165) is 29.5 Å². The van der Waals surface area contributed by atoms with E-state index < -0.39 is 0 Å². The number of hydrogen-bond acceptors (Lipinski definition) is 3. The molecule has 1 aliphatic heterocycles. The molecule has 0 aliphatic carbocycles. The van der Waals surface area contributed by atoms with Crippen LogP contribution in [0.4, 0.5) is 11.4 Å². The molecule has 138 valence electrons. The third-order valence-electron chi connectivity index (χ3n) is 4.67. The smallest absolute Gasteiger partial charge is 0.256 e. The number of nitrogens with zero attached hydrogens (tertiary/aromatic N) is 1. The Morgan fingerprint density at radius 2 is 1.67 bits per heavy atom. The second-order valence-corrected chi connectivity index (χ2v) is 7.17. The molecule has 1 saturated heterocycles. The van der Waals surface area contributed by atoms with Gasteiger partial charge in [-0.15, -0.1) is 0 Å². The molecule has 0 bridgehead atoms. The fourth-order valence-corrected chi connectivity index (χ4v) is 3.85. The lowest BCUT2D eigenvalue weighted by molar-refractivity contribution is 0.102. The molecule has 1 heterocycles. The van der Waals surface area contributed by atoms with Crippen LogP contribution in [-0.2, 0) is 4.74 Å². The van der Waals surface area contributed by atoms with Crippen molar-refractivity contribution in [2.24, 2.45) is 0 Å². The summed E-state index contributed by atoms with van der Waals surface area (Å²) in [6.07, 6.45) is 0. The monoisotopic (exact) mass is 400 g/mol. The topological polar surface area (TPSA) is 41.6 Å². The van der Waals surface area contributed by atoms with E-state index in [1.54, 1.807) is 12.1 Å². The first-order valence-corrected chi connectivity index (χ1v) is 9.50. The number of nitrogens with one attached hydrogen (secondary N) is 1. The number of amides is 1. The standard InChI is InChI=1S/C21H18Cl2N2O2/c22-18-6-2-3-15-16(18)4-1-5-17(15)21(26)24-14-7-8-20(19(23)13-14)25-9-11-27-12-10-25/h1-8,13H,9-12H2,(H,24,26). The van der Waals surface area contributed by atoms with Crippen LogP contribution in [0.25, 0.3) is 10.8 Å². The van der Waals surface area contributed by atoms with E-state index in [1.165, 1.54) is 0 Å². The first-order valence-electron chi connectivity index (χ1n) is 8.74. The summed E-state index contributed by atoms with van der Waals surface area (Å²) < 4.78 is 5.38. The van der Waals surface area contributed by atoms with Crippen molar-refractivity contribution in [3.63, 3.8) is 0 Å². The van der Waals surface area contributed by atoms with Crippen LogP contribution in [-0.4, -0.2) is 32.2 Å². The van der Waals surface area contributed by atoms with E-state index >= 15 is 0 Å². The van der Waals surface area contributed by atoms with Crippen LogP contribution in [0.1, 0.15) is 10.4 Å². The molecule has 0 atom stereocenters. The molecule has 0 unspecified atom stereocenters. The van der Waals surface area contributed by atoms with Crippen molar-refractivity contribution < 1.29 is 9.53 Å². The quantitative estimate of drug-likeness (QED) is 0.653. The number of rotatable bonds is 3. The van der Waals surface area contributed by atoms with E-state index in [0.29, 0.717) is 34.5 Å². The molecule has 0 aromatic heterocycles. The molecule has 4 rings (SSSR count). The number of hydrogen-bond donors (Lipinski definition) is 1. The highest BCUT2D eigenvalue weighted by Crippen LogP contribution is 2.30. The number of carbonyl (C=O) groups excluding carboxylic acids is 1. The van der Waals surface area contributed by atoms with E-state index in [1.807, 2.05) is 42.5 Å². The fraction of sp³-hybridized carbons (Fsp3) is 0.190. The summed E-state index contributed by atoms with van der Waals surface area (Å²) in [4.78, 5) is 15.0. The van der Waals surface area contributed by atoms with Crippen LogP contribution in [0.2, 0.25) is 10.0 Å². The van der Waals surface area contributed by atoms with Crippen LogP contribution in [0.3, 0.4) is 0 Å². The van der Waals surface area contributed by atoms with Gasteiger partial charge in [0, 0.05) is 34.7 Å². The molecule has 4 nitrogen and oxygen atoms in total. The molecule has 1 amide bonds. The number of ether oxygens (including phenoxy) is 1. The number of halogens is 2. The maximum atomic E-state index is 12.8. The van der Waals surface area contributed by atoms with E-state index in [2.05, 4.69) is 10.2 Å². The highest BCUT2D eigenvalue weighted by atomic mass is 35.5. The Balaban J connectivity index is 1.58. The number of anilines is 2. The summed E-state index contributed by atoms with van der Waals surface area (Å²) in [5.41, 5.74) is 2.18. The number of fused-ring (bicyclic) bond motifs is 1. The van der Waals surface area contributed by atoms with Gasteiger partial charge in [0.15, 0.2) is 0 Å². The Kier molecular flexibility index (Phi) is 5.21.